The molecule has 0 aromatic heterocycles. The number of rotatable bonds is 7. The summed E-state index contributed by atoms with van der Waals surface area (Å²) >= 11 is 0. The van der Waals surface area contributed by atoms with Crippen molar-refractivity contribution in [2.24, 2.45) is 0 Å². The number of nitrogens with zero attached hydrogens (tertiary/aromatic N) is 2. The Morgan fingerprint density at radius 1 is 1.25 bits per heavy atom. The van der Waals surface area contributed by atoms with E-state index in [2.05, 4.69) is 5.32 Å². The molecule has 0 aromatic rings. The summed E-state index contributed by atoms with van der Waals surface area (Å²) in [5.41, 5.74) is -0.510. The van der Waals surface area contributed by atoms with E-state index in [0.29, 0.717) is 48.5 Å². The quantitative estimate of drug-likeness (QED) is 0.253. The molecule has 4 aliphatic rings. The van der Waals surface area contributed by atoms with E-state index in [4.69, 9.17) is 9.47 Å². The van der Waals surface area contributed by atoms with Gasteiger partial charge in [0.15, 0.2) is 12.4 Å². The standard InChI is InChI=1S/C28H37F4N3O4S/c1-18-22(24(36)33-27(4)10-12-40(37)13-11-27)9-7-20-6-8-21(16-35(18)20)39-25-23(38-17-28(30,31)32)14-19(15-34(25)5)26(2,3)29/h6,8,14,16,20H,7,9-13,15,17H2,1-5H3,(H,33,36). The van der Waals surface area contributed by atoms with Crippen molar-refractivity contribution in [2.45, 2.75) is 76.8 Å². The molecule has 4 rings (SSSR count). The first-order chi connectivity index (χ1) is 18.5. The molecule has 7 nitrogen and oxygen atoms in total. The molecule has 4 heterocycles. The molecular weight excluding hydrogens is 550 g/mol. The van der Waals surface area contributed by atoms with E-state index in [1.165, 1.54) is 24.8 Å². The summed E-state index contributed by atoms with van der Waals surface area (Å²) in [5, 5.41) is 3.15. The minimum atomic E-state index is -4.58. The number of amides is 1. The maximum absolute atomic E-state index is 14.7. The van der Waals surface area contributed by atoms with Crippen LogP contribution >= 0.6 is 0 Å². The molecule has 1 N–H and O–H groups in total. The van der Waals surface area contributed by atoms with E-state index in [-0.39, 0.29) is 35.7 Å². The van der Waals surface area contributed by atoms with E-state index in [1.54, 1.807) is 19.3 Å². The molecule has 0 saturated carbocycles. The zero-order valence-corrected chi connectivity index (χ0v) is 24.3. The predicted molar refractivity (Wildman–Crippen MR) is 144 cm³/mol. The van der Waals surface area contributed by atoms with Gasteiger partial charge in [-0.1, -0.05) is 0 Å². The third kappa shape index (κ3) is 7.18. The van der Waals surface area contributed by atoms with Crippen LogP contribution in [0.4, 0.5) is 17.6 Å². The minimum absolute atomic E-state index is 0.00515. The Labute approximate surface area is 234 Å². The van der Waals surface area contributed by atoms with Crippen LogP contribution in [0, 0.1) is 0 Å². The molecule has 1 saturated heterocycles. The van der Waals surface area contributed by atoms with E-state index >= 15 is 0 Å². The predicted octanol–water partition coefficient (Wildman–Crippen LogP) is 5.15. The van der Waals surface area contributed by atoms with Crippen LogP contribution < -0.4 is 5.32 Å². The third-order valence-electron chi connectivity index (χ3n) is 7.71. The molecule has 0 bridgehead atoms. The summed E-state index contributed by atoms with van der Waals surface area (Å²) in [7, 11) is 0.755. The Morgan fingerprint density at radius 3 is 2.55 bits per heavy atom. The molecule has 1 atom stereocenters. The number of hydrogen-bond acceptors (Lipinski definition) is 6. The first-order valence-electron chi connectivity index (χ1n) is 13.3. The van der Waals surface area contributed by atoms with Crippen LogP contribution in [0.25, 0.3) is 0 Å². The van der Waals surface area contributed by atoms with Crippen LogP contribution in [0.1, 0.15) is 53.4 Å². The van der Waals surface area contributed by atoms with Gasteiger partial charge in [0.25, 0.3) is 0 Å². The second-order valence-corrected chi connectivity index (χ2v) is 13.2. The number of fused-ring (bicyclic) bond motifs is 1. The Morgan fingerprint density at radius 2 is 1.93 bits per heavy atom. The maximum atomic E-state index is 14.7. The van der Waals surface area contributed by atoms with Gasteiger partial charge >= 0.3 is 145 Å². The molecule has 1 fully saturated rings. The number of halogens is 4. The fourth-order valence-corrected chi connectivity index (χ4v) is 6.71. The van der Waals surface area contributed by atoms with Gasteiger partial charge < -0.3 is 9.64 Å². The van der Waals surface area contributed by atoms with Gasteiger partial charge in [0.2, 0.25) is 5.88 Å². The first-order valence-corrected chi connectivity index (χ1v) is 14.8. The molecule has 0 radical (unpaired) electrons. The number of alkyl halides is 4. The topological polar surface area (TPSA) is 73.9 Å². The van der Waals surface area contributed by atoms with E-state index < -0.39 is 34.6 Å². The van der Waals surface area contributed by atoms with Gasteiger partial charge in [-0.05, 0) is 25.5 Å². The number of allylic oxidation sites excluding steroid dienone is 3. The number of likely N-dealkylation sites (N-methyl/N-ethyl adjacent to an activating group) is 1. The van der Waals surface area contributed by atoms with Gasteiger partial charge in [0.1, 0.15) is 5.67 Å². The zero-order valence-electron chi connectivity index (χ0n) is 23.5. The molecule has 0 aliphatic carbocycles. The molecule has 12 heteroatoms. The van der Waals surface area contributed by atoms with E-state index in [9.17, 15) is 26.4 Å². The number of ether oxygens (including phenoxy) is 2. The molecule has 0 spiro atoms. The van der Waals surface area contributed by atoms with Crippen molar-refractivity contribution in [1.82, 2.24) is 15.1 Å². The van der Waals surface area contributed by atoms with Gasteiger partial charge in [-0.15, -0.1) is 0 Å². The van der Waals surface area contributed by atoms with Crippen LogP contribution in [0.15, 0.2) is 58.7 Å². The zero-order chi connectivity index (χ0) is 29.5. The molecule has 1 amide bonds. The first kappa shape index (κ1) is 30.4. The number of carbonyl (C=O) groups excluding carboxylic acids is 1. The van der Waals surface area contributed by atoms with Crippen LogP contribution in [0.2, 0.25) is 0 Å². The van der Waals surface area contributed by atoms with Gasteiger partial charge in [0.05, 0.1) is 0 Å². The monoisotopic (exact) mass is 587 g/mol. The van der Waals surface area contributed by atoms with Gasteiger partial charge in [0, 0.05) is 13.6 Å². The normalized spacial score (nSPS) is 23.9. The van der Waals surface area contributed by atoms with E-state index in [1.807, 2.05) is 24.8 Å². The average Bonchev–Trinajstić information content (AvgIpc) is 2.85. The van der Waals surface area contributed by atoms with Crippen LogP contribution in [-0.4, -0.2) is 70.8 Å². The molecule has 40 heavy (non-hydrogen) atoms. The summed E-state index contributed by atoms with van der Waals surface area (Å²) in [4.78, 5) is 16.7. The van der Waals surface area contributed by atoms with E-state index in [0.717, 1.165) is 5.70 Å². The van der Waals surface area contributed by atoms with Crippen molar-refractivity contribution in [2.75, 3.05) is 31.7 Å². The van der Waals surface area contributed by atoms with Crippen LogP contribution in [-0.2, 0) is 29.0 Å². The van der Waals surface area contributed by atoms with Crippen molar-refractivity contribution in [3.63, 3.8) is 0 Å². The molecule has 4 aliphatic heterocycles. The van der Waals surface area contributed by atoms with Crippen LogP contribution in [0.5, 0.6) is 0 Å². The van der Waals surface area contributed by atoms with Crippen molar-refractivity contribution in [3.8, 4) is 0 Å². The Bertz CT molecular complexity index is 1250. The number of carbonyl (C=O) groups is 1. The summed E-state index contributed by atoms with van der Waals surface area (Å²) in [6.07, 6.45) is 4.67. The third-order valence-corrected chi connectivity index (χ3v) is 9.03. The number of nitrogens with one attached hydrogen (secondary N) is 1. The van der Waals surface area contributed by atoms with Crippen LogP contribution in [0.3, 0.4) is 0 Å². The fraction of sp³-hybridized carbons (Fsp3) is 0.607. The fourth-order valence-electron chi connectivity index (χ4n) is 5.15. The summed E-state index contributed by atoms with van der Waals surface area (Å²) < 4.78 is 76.5. The SMILES string of the molecule is CC1=C(C(=O)NC2(C)CC[S-](#[O+])CC2)CCC2C=CC(OC3=C(OCC(F)(F)F)C=C(C(C)(C)F)CN3C)=CN12. The Kier molecular flexibility index (Phi) is 8.61. The van der Waals surface area contributed by atoms with Gasteiger partial charge in [-0.3, -0.25) is 0 Å². The molecule has 222 valence electrons. The van der Waals surface area contributed by atoms with Gasteiger partial charge in [-0.25, -0.2) is 4.39 Å². The number of hydrogen-bond donors (Lipinski definition) is 1. The molecule has 1 unspecified atom stereocenters. The van der Waals surface area contributed by atoms with Crippen molar-refractivity contribution < 1.29 is 35.9 Å². The summed E-state index contributed by atoms with van der Waals surface area (Å²) in [6, 6.07) is -0.00515. The molecular formula is C28H37F4N3O4S. The second-order valence-electron chi connectivity index (χ2n) is 11.5. The van der Waals surface area contributed by atoms with Crippen molar-refractivity contribution >= 4 is 16.5 Å². The second kappa shape index (κ2) is 11.3. The van der Waals surface area contributed by atoms with Crippen molar-refractivity contribution in [1.29, 1.82) is 0 Å². The molecule has 0 aromatic carbocycles. The van der Waals surface area contributed by atoms with Gasteiger partial charge in [-0.2, -0.15) is 13.2 Å². The van der Waals surface area contributed by atoms with Crippen molar-refractivity contribution in [3.05, 3.63) is 58.7 Å². The Balaban J connectivity index is 1.58. The summed E-state index contributed by atoms with van der Waals surface area (Å²) in [5.74, 6) is 1.14. The average molecular weight is 588 g/mol. The summed E-state index contributed by atoms with van der Waals surface area (Å²) in [6.45, 7) is 5.07. The Hall–Kier alpha value is -2.60.